The summed E-state index contributed by atoms with van der Waals surface area (Å²) in [6, 6.07) is 0. The highest BCUT2D eigenvalue weighted by Crippen LogP contribution is 2.24. The fourth-order valence-electron chi connectivity index (χ4n) is 3.19. The van der Waals surface area contributed by atoms with Crippen LogP contribution in [-0.4, -0.2) is 137 Å². The highest BCUT2D eigenvalue weighted by molar-refractivity contribution is 7.44. The van der Waals surface area contributed by atoms with Gasteiger partial charge >= 0.3 is 16.5 Å². The summed E-state index contributed by atoms with van der Waals surface area (Å²) < 4.78 is 73.4. The predicted octanol–water partition coefficient (Wildman–Crippen LogP) is 2.04. The Balaban J connectivity index is 0. The molecule has 0 aromatic carbocycles. The van der Waals surface area contributed by atoms with Gasteiger partial charge in [0, 0.05) is 0 Å². The molecule has 0 aromatic heterocycles. The number of aliphatic hydroxyl groups excluding tert-OH is 2. The third-order valence-corrected chi connectivity index (χ3v) is 7.00. The first-order valence-corrected chi connectivity index (χ1v) is 18.4. The van der Waals surface area contributed by atoms with Crippen molar-refractivity contribution in [3.8, 4) is 0 Å². The summed E-state index contributed by atoms with van der Waals surface area (Å²) in [5.41, 5.74) is 0. The number of hydrogen-bond acceptors (Lipinski definition) is 16. The van der Waals surface area contributed by atoms with E-state index in [0.717, 1.165) is 0 Å². The lowest BCUT2D eigenvalue weighted by Crippen LogP contribution is -2.30. The molecule has 2 N–H and O–H groups in total. The second kappa shape index (κ2) is 31.4. The molecular weight excluding hydrogens is 678 g/mol. The molecule has 0 aliphatic carbocycles. The van der Waals surface area contributed by atoms with Crippen LogP contribution in [0.2, 0.25) is 0 Å². The third kappa shape index (κ3) is 35.5. The van der Waals surface area contributed by atoms with Gasteiger partial charge in [-0.2, -0.15) is 0 Å². The summed E-state index contributed by atoms with van der Waals surface area (Å²) in [4.78, 5) is 18.5. The van der Waals surface area contributed by atoms with Crippen molar-refractivity contribution >= 4 is 16.5 Å². The van der Waals surface area contributed by atoms with Crippen molar-refractivity contribution in [1.29, 1.82) is 0 Å². The van der Waals surface area contributed by atoms with Crippen LogP contribution in [0.3, 0.4) is 0 Å². The second-order valence-electron chi connectivity index (χ2n) is 11.9. The van der Waals surface area contributed by atoms with E-state index in [1.807, 2.05) is 62.3 Å². The molecule has 0 bridgehead atoms. The Bertz CT molecular complexity index is 771. The zero-order chi connectivity index (χ0) is 37.1. The lowest BCUT2D eigenvalue weighted by molar-refractivity contribution is -0.198. The molecule has 12 unspecified atom stereocenters. The largest absolute Gasteiger partial charge is 0.563 e. The summed E-state index contributed by atoms with van der Waals surface area (Å²) in [7, 11) is -6.47. The molecule has 0 aliphatic heterocycles. The van der Waals surface area contributed by atoms with Gasteiger partial charge in [-0.15, -0.1) is 0 Å². The van der Waals surface area contributed by atoms with Gasteiger partial charge in [0.1, 0.15) is 4.31 Å². The molecule has 288 valence electrons. The van der Waals surface area contributed by atoms with Crippen molar-refractivity contribution in [3.63, 3.8) is 0 Å². The van der Waals surface area contributed by atoms with E-state index >= 15 is 0 Å². The van der Waals surface area contributed by atoms with Gasteiger partial charge in [-0.25, -0.2) is 0 Å². The van der Waals surface area contributed by atoms with Crippen molar-refractivity contribution in [2.45, 2.75) is 130 Å². The highest BCUT2D eigenvalue weighted by Gasteiger charge is 2.16. The Hall–Kier alpha value is -0.360. The van der Waals surface area contributed by atoms with Gasteiger partial charge in [-0.05, 0) is 78.4 Å². The SMILES string of the molecule is CC(O)COC(C)COC(C)COC(C)COC(C)COC(C)COC(C)COC(C)COC(C)COC(C)CO.O=[P+]([O-])O[P+](=O)[O-]. The Morgan fingerprint density at radius 2 is 0.604 bits per heavy atom. The molecule has 0 aliphatic rings. The predicted molar refractivity (Wildman–Crippen MR) is 174 cm³/mol. The van der Waals surface area contributed by atoms with Crippen LogP contribution < -0.4 is 9.79 Å². The summed E-state index contributed by atoms with van der Waals surface area (Å²) >= 11 is 0. The van der Waals surface area contributed by atoms with Crippen LogP contribution in [0.5, 0.6) is 0 Å². The van der Waals surface area contributed by atoms with E-state index in [9.17, 15) is 24.0 Å². The van der Waals surface area contributed by atoms with Gasteiger partial charge in [-0.1, -0.05) is 0 Å². The Morgan fingerprint density at radius 3 is 0.750 bits per heavy atom. The fraction of sp³-hybridized carbons (Fsp3) is 1.00. The van der Waals surface area contributed by atoms with Crippen LogP contribution in [0.1, 0.15) is 69.2 Å². The van der Waals surface area contributed by atoms with Crippen LogP contribution >= 0.6 is 16.5 Å². The Morgan fingerprint density at radius 1 is 0.417 bits per heavy atom. The van der Waals surface area contributed by atoms with Crippen molar-refractivity contribution in [3.05, 3.63) is 0 Å². The van der Waals surface area contributed by atoms with Gasteiger partial charge in [-0.3, -0.25) is 0 Å². The Labute approximate surface area is 288 Å². The number of ether oxygens (including phenoxy) is 9. The number of hydrogen-bond donors (Lipinski definition) is 2. The minimum absolute atomic E-state index is 0.00335. The summed E-state index contributed by atoms with van der Waals surface area (Å²) in [5.74, 6) is 0. The Kier molecular flexibility index (Phi) is 32.5. The van der Waals surface area contributed by atoms with Crippen LogP contribution in [0.15, 0.2) is 0 Å². The summed E-state index contributed by atoms with van der Waals surface area (Å²) in [6.07, 6.45) is -1.29. The molecule has 0 rings (SSSR count). The van der Waals surface area contributed by atoms with Crippen LogP contribution in [0.4, 0.5) is 0 Å². The van der Waals surface area contributed by atoms with Crippen molar-refractivity contribution in [2.24, 2.45) is 0 Å². The summed E-state index contributed by atoms with van der Waals surface area (Å²) in [5, 5.41) is 18.3. The van der Waals surface area contributed by atoms with Gasteiger partial charge in [0.15, 0.2) is 0 Å². The first-order chi connectivity index (χ1) is 22.4. The van der Waals surface area contributed by atoms with Crippen LogP contribution in [0, 0.1) is 0 Å². The normalized spacial score (nSPS) is 18.7. The number of rotatable bonds is 30. The zero-order valence-corrected chi connectivity index (χ0v) is 32.1. The van der Waals surface area contributed by atoms with Gasteiger partial charge in [0.25, 0.3) is 0 Å². The average Bonchev–Trinajstić information content (AvgIpc) is 3.02. The lowest BCUT2D eigenvalue weighted by atomic mass is 10.3. The standard InChI is InChI=1S/C30H62O11.O5P2/c1-21(32)12-33-23(3)14-35-25(5)16-37-27(7)18-39-29(9)20-41-30(10)19-40-28(8)17-38-26(6)15-36-24(4)13-34-22(2)11-31;1-6(2)5-7(3)4/h21-32H,11-20H2,1-10H3;. The minimum atomic E-state index is -3.24. The van der Waals surface area contributed by atoms with E-state index in [1.165, 1.54) is 0 Å². The molecule has 0 aromatic rings. The fourth-order valence-corrected chi connectivity index (χ4v) is 3.63. The molecule has 0 saturated heterocycles. The highest BCUT2D eigenvalue weighted by atomic mass is 31.2. The van der Waals surface area contributed by atoms with E-state index in [4.69, 9.17) is 47.7 Å². The van der Waals surface area contributed by atoms with Crippen molar-refractivity contribution in [2.75, 3.05) is 66.1 Å². The molecule has 12 atom stereocenters. The van der Waals surface area contributed by atoms with E-state index in [-0.39, 0.29) is 61.5 Å². The molecular formula is C30H62O16P2. The maximum absolute atomic E-state index is 9.28. The van der Waals surface area contributed by atoms with E-state index in [1.54, 1.807) is 6.92 Å². The molecule has 0 radical (unpaired) electrons. The van der Waals surface area contributed by atoms with E-state index < -0.39 is 22.6 Å². The summed E-state index contributed by atoms with van der Waals surface area (Å²) in [6.45, 7) is 23.1. The minimum Gasteiger partial charge on any atom is -0.563 e. The van der Waals surface area contributed by atoms with Gasteiger partial charge in [0.05, 0.1) is 127 Å². The monoisotopic (exact) mass is 740 g/mol. The van der Waals surface area contributed by atoms with Gasteiger partial charge in [0.2, 0.25) is 0 Å². The quantitative estimate of drug-likeness (QED) is 0.101. The molecule has 48 heavy (non-hydrogen) atoms. The maximum Gasteiger partial charge on any atom is 0.543 e. The third-order valence-electron chi connectivity index (χ3n) is 5.94. The number of aliphatic hydroxyl groups is 2. The molecule has 0 heterocycles. The molecule has 0 fully saturated rings. The molecule has 0 amide bonds. The smallest absolute Gasteiger partial charge is 0.543 e. The van der Waals surface area contributed by atoms with Crippen molar-refractivity contribution in [1.82, 2.24) is 0 Å². The van der Waals surface area contributed by atoms with Crippen LogP contribution in [0.25, 0.3) is 0 Å². The zero-order valence-electron chi connectivity index (χ0n) is 30.3. The average molecular weight is 741 g/mol. The molecule has 0 spiro atoms. The van der Waals surface area contributed by atoms with E-state index in [2.05, 4.69) is 4.31 Å². The topological polar surface area (TPSA) is 213 Å². The molecule has 16 nitrogen and oxygen atoms in total. The lowest BCUT2D eigenvalue weighted by Gasteiger charge is -2.23. The van der Waals surface area contributed by atoms with Crippen LogP contribution in [-0.2, 0) is 56.1 Å². The second-order valence-corrected chi connectivity index (χ2v) is 13.4. The first kappa shape index (κ1) is 49.8. The maximum atomic E-state index is 9.28. The van der Waals surface area contributed by atoms with E-state index in [0.29, 0.717) is 59.5 Å². The molecule has 18 heteroatoms. The molecule has 0 saturated carbocycles. The van der Waals surface area contributed by atoms with Crippen molar-refractivity contribution < 1.29 is 76.1 Å². The first-order valence-electron chi connectivity index (χ1n) is 16.2. The van der Waals surface area contributed by atoms with Gasteiger partial charge < -0.3 is 62.6 Å².